The third kappa shape index (κ3) is 9.27. The number of cyclic esters (lactones) is 1. The molecule has 0 bridgehead atoms. The molecule has 0 radical (unpaired) electrons. The lowest BCUT2D eigenvalue weighted by Gasteiger charge is -2.23. The average Bonchev–Trinajstić information content (AvgIpc) is 3.01. The number of benzene rings is 3. The van der Waals surface area contributed by atoms with Crippen LogP contribution in [0.25, 0.3) is 10.8 Å². The molecule has 4 rings (SSSR count). The maximum Gasteiger partial charge on any atom is 0.305 e. The monoisotopic (exact) mass is 571 g/mol. The van der Waals surface area contributed by atoms with Crippen molar-refractivity contribution in [3.63, 3.8) is 0 Å². The molecule has 42 heavy (non-hydrogen) atoms. The number of fused-ring (bicyclic) bond motifs is 1. The zero-order valence-corrected chi connectivity index (χ0v) is 23.5. The van der Waals surface area contributed by atoms with E-state index in [4.69, 9.17) is 4.74 Å². The second-order valence-electron chi connectivity index (χ2n) is 10.4. The van der Waals surface area contributed by atoms with E-state index in [0.29, 0.717) is 24.9 Å². The Kier molecular flexibility index (Phi) is 11.2. The van der Waals surface area contributed by atoms with E-state index in [-0.39, 0.29) is 38.4 Å². The largest absolute Gasteiger partial charge is 0.463 e. The Labute approximate surface area is 245 Å². The van der Waals surface area contributed by atoms with Crippen molar-refractivity contribution < 1.29 is 29.0 Å². The Hall–Kier alpha value is -4.50. The number of aliphatic hydroxyl groups excluding tert-OH is 1. The van der Waals surface area contributed by atoms with Crippen molar-refractivity contribution in [2.75, 3.05) is 18.5 Å². The lowest BCUT2D eigenvalue weighted by atomic mass is 9.98. The highest BCUT2D eigenvalue weighted by molar-refractivity contribution is 5.99. The highest BCUT2D eigenvalue weighted by atomic mass is 16.5. The number of anilines is 1. The molecule has 1 heterocycles. The minimum absolute atomic E-state index is 0.139. The van der Waals surface area contributed by atoms with Crippen molar-refractivity contribution in [1.29, 1.82) is 0 Å². The van der Waals surface area contributed by atoms with Crippen molar-refractivity contribution in [3.05, 3.63) is 90.5 Å². The van der Waals surface area contributed by atoms with Crippen LogP contribution in [0.4, 0.5) is 5.69 Å². The fourth-order valence-corrected chi connectivity index (χ4v) is 4.81. The fraction of sp³-hybridized carbons (Fsp3) is 0.333. The smallest absolute Gasteiger partial charge is 0.305 e. The lowest BCUT2D eigenvalue weighted by molar-refractivity contribution is -0.146. The lowest BCUT2D eigenvalue weighted by Crippen LogP contribution is -2.49. The topological polar surface area (TPSA) is 134 Å². The van der Waals surface area contributed by atoms with E-state index >= 15 is 0 Å². The van der Waals surface area contributed by atoms with Gasteiger partial charge in [-0.2, -0.15) is 0 Å². The summed E-state index contributed by atoms with van der Waals surface area (Å²) in [5, 5.41) is 20.1. The second kappa shape index (κ2) is 15.5. The Morgan fingerprint density at radius 2 is 1.74 bits per heavy atom. The van der Waals surface area contributed by atoms with E-state index in [0.717, 1.165) is 16.3 Å². The molecule has 9 heteroatoms. The molecule has 0 spiro atoms. The highest BCUT2D eigenvalue weighted by Crippen LogP contribution is 2.19. The van der Waals surface area contributed by atoms with Gasteiger partial charge in [-0.15, -0.1) is 0 Å². The first-order valence-corrected chi connectivity index (χ1v) is 14.3. The quantitative estimate of drug-likeness (QED) is 0.241. The number of hydrogen-bond donors (Lipinski definition) is 4. The van der Waals surface area contributed by atoms with Crippen LogP contribution in [0.15, 0.2) is 84.9 Å². The van der Waals surface area contributed by atoms with E-state index in [1.54, 1.807) is 6.07 Å². The standard InChI is InChI=1S/C33H37N3O6/c37-21-28(18-23-10-4-3-5-11-23)34-30(38)20-26-14-6-1-2-7-15-31(39)42-22-29(36-32(26)40)33(41)35-27-17-16-24-12-8-9-13-25(24)19-27/h1,3-6,8-13,16-17,19,26,28-29,37H,2,7,14-15,18,20-22H2,(H,34,38)(H,35,41)(H,36,40). The summed E-state index contributed by atoms with van der Waals surface area (Å²) in [6.45, 7) is -0.584. The molecule has 1 aliphatic rings. The van der Waals surface area contributed by atoms with Crippen LogP contribution in [0, 0.1) is 5.92 Å². The van der Waals surface area contributed by atoms with Gasteiger partial charge in [0.05, 0.1) is 18.6 Å². The summed E-state index contributed by atoms with van der Waals surface area (Å²) in [6.07, 6.45) is 5.64. The maximum absolute atomic E-state index is 13.4. The average molecular weight is 572 g/mol. The van der Waals surface area contributed by atoms with Crippen LogP contribution in [0.1, 0.15) is 37.7 Å². The molecule has 1 aliphatic heterocycles. The van der Waals surface area contributed by atoms with Gasteiger partial charge in [0.2, 0.25) is 11.8 Å². The molecular weight excluding hydrogens is 534 g/mol. The first kappa shape index (κ1) is 30.5. The van der Waals surface area contributed by atoms with Crippen molar-refractivity contribution in [2.24, 2.45) is 5.92 Å². The zero-order valence-electron chi connectivity index (χ0n) is 23.5. The van der Waals surface area contributed by atoms with Gasteiger partial charge in [-0.3, -0.25) is 19.2 Å². The van der Waals surface area contributed by atoms with Gasteiger partial charge in [-0.25, -0.2) is 0 Å². The van der Waals surface area contributed by atoms with Crippen LogP contribution < -0.4 is 16.0 Å². The Balaban J connectivity index is 1.45. The van der Waals surface area contributed by atoms with Gasteiger partial charge >= 0.3 is 5.97 Å². The first-order chi connectivity index (χ1) is 20.4. The van der Waals surface area contributed by atoms with E-state index in [2.05, 4.69) is 16.0 Å². The highest BCUT2D eigenvalue weighted by Gasteiger charge is 2.29. The normalized spacial score (nSPS) is 18.9. The number of esters is 1. The van der Waals surface area contributed by atoms with Gasteiger partial charge in [-0.1, -0.05) is 72.8 Å². The molecule has 0 saturated carbocycles. The third-order valence-electron chi connectivity index (χ3n) is 7.11. The van der Waals surface area contributed by atoms with Crippen LogP contribution in [0.5, 0.6) is 0 Å². The molecule has 0 aliphatic carbocycles. The Bertz CT molecular complexity index is 1410. The summed E-state index contributed by atoms with van der Waals surface area (Å²) in [5.74, 6) is -2.66. The number of hydrogen-bond acceptors (Lipinski definition) is 6. The van der Waals surface area contributed by atoms with Crippen molar-refractivity contribution in [1.82, 2.24) is 10.6 Å². The number of allylic oxidation sites excluding steroid dienone is 2. The number of ether oxygens (including phenoxy) is 1. The van der Waals surface area contributed by atoms with Gasteiger partial charge < -0.3 is 25.8 Å². The summed E-state index contributed by atoms with van der Waals surface area (Å²) < 4.78 is 5.34. The van der Waals surface area contributed by atoms with E-state index < -0.39 is 35.8 Å². The van der Waals surface area contributed by atoms with E-state index in [9.17, 15) is 24.3 Å². The predicted octanol–water partition coefficient (Wildman–Crippen LogP) is 3.66. The van der Waals surface area contributed by atoms with Crippen molar-refractivity contribution in [2.45, 2.75) is 50.6 Å². The van der Waals surface area contributed by atoms with Crippen LogP contribution >= 0.6 is 0 Å². The predicted molar refractivity (Wildman–Crippen MR) is 160 cm³/mol. The van der Waals surface area contributed by atoms with Crippen LogP contribution in [0.2, 0.25) is 0 Å². The molecule has 3 amide bonds. The Morgan fingerprint density at radius 3 is 2.52 bits per heavy atom. The molecule has 3 aromatic carbocycles. The molecule has 3 atom stereocenters. The SMILES string of the molecule is O=C(CC1CC=CCCCC(=O)OCC(C(=O)Nc2ccc3ccccc3c2)NC1=O)NC(CO)Cc1ccccc1. The molecule has 220 valence electrons. The van der Waals surface area contributed by atoms with Crippen molar-refractivity contribution in [3.8, 4) is 0 Å². The van der Waals surface area contributed by atoms with E-state index in [1.165, 1.54) is 0 Å². The number of rotatable bonds is 8. The minimum atomic E-state index is -1.16. The Morgan fingerprint density at radius 1 is 0.976 bits per heavy atom. The van der Waals surface area contributed by atoms with Gasteiger partial charge in [0.15, 0.2) is 0 Å². The molecule has 9 nitrogen and oxygen atoms in total. The summed E-state index contributed by atoms with van der Waals surface area (Å²) in [5.41, 5.74) is 1.50. The number of aliphatic hydroxyl groups is 1. The molecule has 3 aromatic rings. The second-order valence-corrected chi connectivity index (χ2v) is 10.4. The molecular formula is C33H37N3O6. The number of nitrogens with one attached hydrogen (secondary N) is 3. The number of carbonyl (C=O) groups excluding carboxylic acids is 4. The van der Waals surface area contributed by atoms with Crippen LogP contribution in [0.3, 0.4) is 0 Å². The van der Waals surface area contributed by atoms with E-state index in [1.807, 2.05) is 78.9 Å². The maximum atomic E-state index is 13.4. The van der Waals surface area contributed by atoms with Crippen LogP contribution in [-0.4, -0.2) is 54.1 Å². The van der Waals surface area contributed by atoms with Crippen molar-refractivity contribution >= 4 is 40.2 Å². The molecule has 0 saturated heterocycles. The minimum Gasteiger partial charge on any atom is -0.463 e. The third-order valence-corrected chi connectivity index (χ3v) is 7.11. The van der Waals surface area contributed by atoms with Gasteiger partial charge in [0.25, 0.3) is 5.91 Å². The summed E-state index contributed by atoms with van der Waals surface area (Å²) >= 11 is 0. The van der Waals surface area contributed by atoms with Gasteiger partial charge in [0.1, 0.15) is 12.6 Å². The number of amides is 3. The summed E-state index contributed by atoms with van der Waals surface area (Å²) in [7, 11) is 0. The molecule has 0 aromatic heterocycles. The summed E-state index contributed by atoms with van der Waals surface area (Å²) in [4.78, 5) is 51.9. The molecule has 0 fully saturated rings. The summed E-state index contributed by atoms with van der Waals surface area (Å²) in [6, 6.07) is 21.0. The fourth-order valence-electron chi connectivity index (χ4n) is 4.81. The van der Waals surface area contributed by atoms with Gasteiger partial charge in [-0.05, 0) is 54.2 Å². The molecule has 4 N–H and O–H groups in total. The first-order valence-electron chi connectivity index (χ1n) is 14.3. The van der Waals surface area contributed by atoms with Gasteiger partial charge in [0, 0.05) is 18.5 Å². The number of carbonyl (C=O) groups is 4. The van der Waals surface area contributed by atoms with Crippen LogP contribution in [-0.2, 0) is 30.3 Å². The molecule has 3 unspecified atom stereocenters. The zero-order chi connectivity index (χ0) is 29.7.